The number of halogens is 1. The van der Waals surface area contributed by atoms with Crippen molar-refractivity contribution in [1.29, 1.82) is 0 Å². The second-order valence-corrected chi connectivity index (χ2v) is 11.7. The van der Waals surface area contributed by atoms with Crippen LogP contribution in [0.1, 0.15) is 87.5 Å². The summed E-state index contributed by atoms with van der Waals surface area (Å²) in [6.07, 6.45) is 6.64. The molecule has 0 atom stereocenters. The summed E-state index contributed by atoms with van der Waals surface area (Å²) < 4.78 is 15.8. The topological polar surface area (TPSA) is 46.1 Å². The van der Waals surface area contributed by atoms with Crippen LogP contribution in [-0.4, -0.2) is 17.1 Å². The first-order valence-corrected chi connectivity index (χ1v) is 14.3. The van der Waals surface area contributed by atoms with Gasteiger partial charge in [0.25, 0.3) is 0 Å². The van der Waals surface area contributed by atoms with E-state index >= 15 is 0 Å². The van der Waals surface area contributed by atoms with Crippen molar-refractivity contribution in [2.24, 2.45) is 0 Å². The number of para-hydroxylation sites is 2. The van der Waals surface area contributed by atoms with Gasteiger partial charge in [-0.2, -0.15) is 0 Å². The molecule has 1 saturated carbocycles. The number of fused-ring (bicyclic) bond motifs is 1. The van der Waals surface area contributed by atoms with Crippen LogP contribution in [0, 0.1) is 5.82 Å². The lowest BCUT2D eigenvalue weighted by Gasteiger charge is -2.30. The molecule has 1 aromatic heterocycles. The third-order valence-corrected chi connectivity index (χ3v) is 8.39. The first-order valence-electron chi connectivity index (χ1n) is 14.3. The van der Waals surface area contributed by atoms with E-state index in [9.17, 15) is 9.18 Å². The first kappa shape index (κ1) is 27.0. The highest BCUT2D eigenvalue weighted by molar-refractivity contribution is 5.92. The number of amides is 2. The third kappa shape index (κ3) is 5.59. The fourth-order valence-corrected chi connectivity index (χ4v) is 6.28. The molecule has 0 bridgehead atoms. The van der Waals surface area contributed by atoms with Crippen molar-refractivity contribution in [1.82, 2.24) is 9.88 Å². The molecule has 1 aliphatic rings. The van der Waals surface area contributed by atoms with Gasteiger partial charge in [0.15, 0.2) is 0 Å². The van der Waals surface area contributed by atoms with Crippen LogP contribution >= 0.6 is 0 Å². The normalized spacial score (nSPS) is 14.8. The van der Waals surface area contributed by atoms with E-state index < -0.39 is 0 Å². The standard InChI is InChI=1S/C34H40FN3O/c1-23(2)27-11-9-12-28(24(3)4)32(27)37-33(39)36-22-34(18-7-8-19-34)30-21-38(31-13-6-5-10-29(30)31)20-25-14-16-26(35)17-15-25/h5-6,9-17,21,23-24H,7-8,18-20,22H2,1-4H3,(H2,36,37,39). The monoisotopic (exact) mass is 525 g/mol. The molecule has 2 amide bonds. The molecule has 1 heterocycles. The van der Waals surface area contributed by atoms with E-state index in [1.54, 1.807) is 0 Å². The summed E-state index contributed by atoms with van der Waals surface area (Å²) in [4.78, 5) is 13.4. The van der Waals surface area contributed by atoms with Crippen molar-refractivity contribution in [2.75, 3.05) is 11.9 Å². The quantitative estimate of drug-likeness (QED) is 0.237. The highest BCUT2D eigenvalue weighted by Crippen LogP contribution is 2.44. The predicted octanol–water partition coefficient (Wildman–Crippen LogP) is 8.71. The molecular formula is C34H40FN3O. The van der Waals surface area contributed by atoms with E-state index in [0.717, 1.165) is 48.1 Å². The highest BCUT2D eigenvalue weighted by atomic mass is 19.1. The van der Waals surface area contributed by atoms with E-state index in [2.05, 4.69) is 91.6 Å². The van der Waals surface area contributed by atoms with Gasteiger partial charge in [-0.05, 0) is 65.1 Å². The molecule has 39 heavy (non-hydrogen) atoms. The number of hydrogen-bond acceptors (Lipinski definition) is 1. The summed E-state index contributed by atoms with van der Waals surface area (Å²) in [5.41, 5.74) is 6.67. The molecule has 0 aliphatic heterocycles. The number of anilines is 1. The van der Waals surface area contributed by atoms with Crippen molar-refractivity contribution >= 4 is 22.6 Å². The van der Waals surface area contributed by atoms with Crippen molar-refractivity contribution in [3.05, 3.63) is 101 Å². The van der Waals surface area contributed by atoms with Crippen molar-refractivity contribution < 1.29 is 9.18 Å². The molecule has 4 aromatic rings. The van der Waals surface area contributed by atoms with Gasteiger partial charge in [0.1, 0.15) is 5.82 Å². The molecule has 1 aliphatic carbocycles. The fourth-order valence-electron chi connectivity index (χ4n) is 6.28. The van der Waals surface area contributed by atoms with Crippen LogP contribution in [0.5, 0.6) is 0 Å². The maximum absolute atomic E-state index is 13.5. The molecule has 0 saturated heterocycles. The van der Waals surface area contributed by atoms with Gasteiger partial charge in [-0.3, -0.25) is 0 Å². The van der Waals surface area contributed by atoms with Crippen LogP contribution < -0.4 is 10.6 Å². The van der Waals surface area contributed by atoms with Crippen LogP contribution in [0.3, 0.4) is 0 Å². The zero-order valence-electron chi connectivity index (χ0n) is 23.6. The minimum atomic E-state index is -0.220. The van der Waals surface area contributed by atoms with Gasteiger partial charge in [0, 0.05) is 41.3 Å². The van der Waals surface area contributed by atoms with Crippen LogP contribution in [0.2, 0.25) is 0 Å². The Balaban J connectivity index is 1.42. The SMILES string of the molecule is CC(C)c1cccc(C(C)C)c1NC(=O)NCC1(c2cn(Cc3ccc(F)cc3)c3ccccc23)CCCC1. The highest BCUT2D eigenvalue weighted by Gasteiger charge is 2.38. The van der Waals surface area contributed by atoms with Gasteiger partial charge < -0.3 is 15.2 Å². The van der Waals surface area contributed by atoms with Gasteiger partial charge in [0.2, 0.25) is 0 Å². The number of benzene rings is 3. The molecular weight excluding hydrogens is 485 g/mol. The molecule has 1 fully saturated rings. The summed E-state index contributed by atoms with van der Waals surface area (Å²) in [6, 6.07) is 21.4. The number of hydrogen-bond donors (Lipinski definition) is 2. The molecule has 0 spiro atoms. The molecule has 5 heteroatoms. The Morgan fingerprint density at radius 2 is 1.54 bits per heavy atom. The second kappa shape index (κ2) is 11.3. The minimum absolute atomic E-state index is 0.122. The number of carbonyl (C=O) groups is 1. The molecule has 0 unspecified atom stereocenters. The van der Waals surface area contributed by atoms with Crippen molar-refractivity contribution in [2.45, 2.75) is 77.2 Å². The molecule has 4 nitrogen and oxygen atoms in total. The average molecular weight is 526 g/mol. The maximum atomic E-state index is 13.5. The number of carbonyl (C=O) groups excluding carboxylic acids is 1. The Labute approximate surface area is 231 Å². The molecule has 5 rings (SSSR count). The Kier molecular flexibility index (Phi) is 7.79. The Morgan fingerprint density at radius 3 is 2.18 bits per heavy atom. The number of nitrogens with one attached hydrogen (secondary N) is 2. The minimum Gasteiger partial charge on any atom is -0.343 e. The van der Waals surface area contributed by atoms with Gasteiger partial charge in [0.05, 0.1) is 0 Å². The summed E-state index contributed by atoms with van der Waals surface area (Å²) >= 11 is 0. The number of aromatic nitrogens is 1. The second-order valence-electron chi connectivity index (χ2n) is 11.7. The lowest BCUT2D eigenvalue weighted by atomic mass is 9.78. The number of urea groups is 1. The summed E-state index contributed by atoms with van der Waals surface area (Å²) in [5.74, 6) is 0.405. The molecule has 3 aromatic carbocycles. The van der Waals surface area contributed by atoms with Crippen LogP contribution in [-0.2, 0) is 12.0 Å². The molecule has 0 radical (unpaired) electrons. The maximum Gasteiger partial charge on any atom is 0.319 e. The van der Waals surface area contributed by atoms with E-state index in [1.165, 1.54) is 28.6 Å². The first-order chi connectivity index (χ1) is 18.8. The summed E-state index contributed by atoms with van der Waals surface area (Å²) in [5, 5.41) is 7.73. The van der Waals surface area contributed by atoms with Crippen molar-refractivity contribution in [3.63, 3.8) is 0 Å². The van der Waals surface area contributed by atoms with Gasteiger partial charge in [-0.15, -0.1) is 0 Å². The zero-order valence-corrected chi connectivity index (χ0v) is 23.6. The van der Waals surface area contributed by atoms with Gasteiger partial charge >= 0.3 is 6.03 Å². The molecule has 204 valence electrons. The average Bonchev–Trinajstić information content (AvgIpc) is 3.55. The summed E-state index contributed by atoms with van der Waals surface area (Å²) in [7, 11) is 0. The van der Waals surface area contributed by atoms with Crippen LogP contribution in [0.25, 0.3) is 10.9 Å². The third-order valence-electron chi connectivity index (χ3n) is 8.39. The largest absolute Gasteiger partial charge is 0.343 e. The molecule has 2 N–H and O–H groups in total. The smallest absolute Gasteiger partial charge is 0.319 e. The van der Waals surface area contributed by atoms with Gasteiger partial charge in [-0.25, -0.2) is 9.18 Å². The lowest BCUT2D eigenvalue weighted by molar-refractivity contribution is 0.248. The van der Waals surface area contributed by atoms with E-state index in [1.807, 2.05) is 12.1 Å². The van der Waals surface area contributed by atoms with E-state index in [0.29, 0.717) is 24.9 Å². The van der Waals surface area contributed by atoms with E-state index in [-0.39, 0.29) is 17.3 Å². The zero-order chi connectivity index (χ0) is 27.6. The van der Waals surface area contributed by atoms with Crippen LogP contribution in [0.4, 0.5) is 14.9 Å². The lowest BCUT2D eigenvalue weighted by Crippen LogP contribution is -2.41. The van der Waals surface area contributed by atoms with Crippen molar-refractivity contribution in [3.8, 4) is 0 Å². The number of rotatable bonds is 8. The number of nitrogens with zero attached hydrogens (tertiary/aromatic N) is 1. The fraction of sp³-hybridized carbons (Fsp3) is 0.382. The Bertz CT molecular complexity index is 1420. The van der Waals surface area contributed by atoms with Gasteiger partial charge in [-0.1, -0.05) is 89.1 Å². The Morgan fingerprint density at radius 1 is 0.897 bits per heavy atom. The van der Waals surface area contributed by atoms with Crippen LogP contribution in [0.15, 0.2) is 72.9 Å². The van der Waals surface area contributed by atoms with E-state index in [4.69, 9.17) is 0 Å². The Hall–Kier alpha value is -3.60. The summed E-state index contributed by atoms with van der Waals surface area (Å²) in [6.45, 7) is 9.92. The predicted molar refractivity (Wildman–Crippen MR) is 159 cm³/mol.